The van der Waals surface area contributed by atoms with Gasteiger partial charge in [0.15, 0.2) is 0 Å². The van der Waals surface area contributed by atoms with E-state index >= 15 is 0 Å². The molecule has 0 aliphatic rings. The zero-order chi connectivity index (χ0) is 11.3. The van der Waals surface area contributed by atoms with Crippen molar-refractivity contribution in [3.8, 4) is 0 Å². The maximum atomic E-state index is 11.5. The van der Waals surface area contributed by atoms with Gasteiger partial charge in [-0.15, -0.1) is 0 Å². The Labute approximate surface area is 90.8 Å². The highest BCUT2D eigenvalue weighted by Crippen LogP contribution is 2.06. The van der Waals surface area contributed by atoms with Crippen LogP contribution in [0, 0.1) is 6.92 Å². The molecule has 1 rings (SSSR count). The molecule has 1 aromatic heterocycles. The molecule has 5 heteroatoms. The number of aryl methyl sites for hydroxylation is 1. The molecule has 0 amide bonds. The summed E-state index contributed by atoms with van der Waals surface area (Å²) in [5, 5.41) is 8.43. The minimum atomic E-state index is -1.15. The molecule has 1 unspecified atom stereocenters. The lowest BCUT2D eigenvalue weighted by Crippen LogP contribution is -2.08. The highest BCUT2D eigenvalue weighted by atomic mass is 32.2. The van der Waals surface area contributed by atoms with Crippen LogP contribution in [0.4, 0.5) is 0 Å². The Morgan fingerprint density at radius 3 is 2.93 bits per heavy atom. The van der Waals surface area contributed by atoms with E-state index in [2.05, 4.69) is 4.98 Å². The first-order valence-corrected chi connectivity index (χ1v) is 6.05. The molecule has 1 N–H and O–H groups in total. The summed E-state index contributed by atoms with van der Waals surface area (Å²) in [4.78, 5) is 14.4. The third-order valence-corrected chi connectivity index (χ3v) is 3.21. The summed E-state index contributed by atoms with van der Waals surface area (Å²) >= 11 is 0. The van der Waals surface area contributed by atoms with E-state index in [4.69, 9.17) is 5.11 Å². The zero-order valence-electron chi connectivity index (χ0n) is 8.47. The van der Waals surface area contributed by atoms with E-state index in [1.165, 1.54) is 0 Å². The van der Waals surface area contributed by atoms with Gasteiger partial charge in [0, 0.05) is 22.7 Å². The second kappa shape index (κ2) is 5.60. The first kappa shape index (κ1) is 11.8. The second-order valence-corrected chi connectivity index (χ2v) is 4.78. The second-order valence-electron chi connectivity index (χ2n) is 3.20. The number of carboxylic acid groups (broad SMARTS) is 1. The number of pyridine rings is 1. The summed E-state index contributed by atoms with van der Waals surface area (Å²) in [6.45, 7) is 1.90. The van der Waals surface area contributed by atoms with E-state index in [0.29, 0.717) is 5.75 Å². The van der Waals surface area contributed by atoms with E-state index < -0.39 is 16.8 Å². The monoisotopic (exact) mass is 227 g/mol. The van der Waals surface area contributed by atoms with Crippen LogP contribution in [0.5, 0.6) is 0 Å². The van der Waals surface area contributed by atoms with E-state index in [0.717, 1.165) is 11.3 Å². The Bertz CT molecular complexity index is 379. The van der Waals surface area contributed by atoms with Crippen molar-refractivity contribution in [1.29, 1.82) is 0 Å². The smallest absolute Gasteiger partial charge is 0.304 e. The lowest BCUT2D eigenvalue weighted by Gasteiger charge is -2.03. The average molecular weight is 227 g/mol. The van der Waals surface area contributed by atoms with E-state index in [1.807, 2.05) is 19.1 Å². The summed E-state index contributed by atoms with van der Waals surface area (Å²) in [5.74, 6) is -0.397. The molecule has 1 heterocycles. The van der Waals surface area contributed by atoms with Crippen LogP contribution in [-0.2, 0) is 21.3 Å². The molecule has 15 heavy (non-hydrogen) atoms. The van der Waals surface area contributed by atoms with Gasteiger partial charge in [0.1, 0.15) is 0 Å². The van der Waals surface area contributed by atoms with Gasteiger partial charge in [0.2, 0.25) is 0 Å². The van der Waals surface area contributed by atoms with Gasteiger partial charge in [0.05, 0.1) is 17.9 Å². The topological polar surface area (TPSA) is 67.3 Å². The zero-order valence-corrected chi connectivity index (χ0v) is 9.29. The number of aliphatic carboxylic acids is 1. The largest absolute Gasteiger partial charge is 0.481 e. The normalized spacial score (nSPS) is 12.3. The summed E-state index contributed by atoms with van der Waals surface area (Å²) in [6, 6.07) is 3.72. The molecule has 0 radical (unpaired) electrons. The summed E-state index contributed by atoms with van der Waals surface area (Å²) < 4.78 is 11.5. The van der Waals surface area contributed by atoms with E-state index in [1.54, 1.807) is 6.20 Å². The predicted molar refractivity (Wildman–Crippen MR) is 57.9 cm³/mol. The van der Waals surface area contributed by atoms with Crippen molar-refractivity contribution in [2.45, 2.75) is 19.1 Å². The first-order valence-electron chi connectivity index (χ1n) is 4.57. The SMILES string of the molecule is Cc1cccnc1CS(=O)CCC(=O)O. The molecule has 4 nitrogen and oxygen atoms in total. The predicted octanol–water partition coefficient (Wildman–Crippen LogP) is 1.11. The third kappa shape index (κ3) is 4.20. The van der Waals surface area contributed by atoms with Gasteiger partial charge in [-0.25, -0.2) is 0 Å². The Morgan fingerprint density at radius 1 is 1.60 bits per heavy atom. The van der Waals surface area contributed by atoms with Crippen LogP contribution in [0.2, 0.25) is 0 Å². The van der Waals surface area contributed by atoms with E-state index in [9.17, 15) is 9.00 Å². The number of rotatable bonds is 5. The highest BCUT2D eigenvalue weighted by Gasteiger charge is 2.07. The number of carboxylic acids is 1. The quantitative estimate of drug-likeness (QED) is 0.818. The Balaban J connectivity index is 2.52. The number of hydrogen-bond acceptors (Lipinski definition) is 3. The molecule has 0 saturated carbocycles. The van der Waals surface area contributed by atoms with Crippen LogP contribution in [-0.4, -0.2) is 26.0 Å². The lowest BCUT2D eigenvalue weighted by molar-refractivity contribution is -0.136. The standard InChI is InChI=1S/C10H13NO3S/c1-8-3-2-5-11-9(8)7-15(14)6-4-10(12)13/h2-3,5H,4,6-7H2,1H3,(H,12,13). The lowest BCUT2D eigenvalue weighted by atomic mass is 10.2. The average Bonchev–Trinajstić information content (AvgIpc) is 2.18. The molecule has 0 fully saturated rings. The molecule has 0 aliphatic heterocycles. The van der Waals surface area contributed by atoms with Crippen molar-refractivity contribution in [3.63, 3.8) is 0 Å². The van der Waals surface area contributed by atoms with Crippen LogP contribution in [0.25, 0.3) is 0 Å². The van der Waals surface area contributed by atoms with Gasteiger partial charge in [-0.1, -0.05) is 6.07 Å². The van der Waals surface area contributed by atoms with Crippen LogP contribution in [0.3, 0.4) is 0 Å². The Hall–Kier alpha value is -1.23. The van der Waals surface area contributed by atoms with Crippen LogP contribution in [0.1, 0.15) is 17.7 Å². The van der Waals surface area contributed by atoms with Crippen LogP contribution >= 0.6 is 0 Å². The molecular formula is C10H13NO3S. The fourth-order valence-electron chi connectivity index (χ4n) is 1.10. The molecule has 1 atom stereocenters. The Morgan fingerprint density at radius 2 is 2.33 bits per heavy atom. The molecule has 82 valence electrons. The number of carbonyl (C=O) groups is 1. The highest BCUT2D eigenvalue weighted by molar-refractivity contribution is 7.84. The van der Waals surface area contributed by atoms with E-state index in [-0.39, 0.29) is 12.2 Å². The molecule has 0 bridgehead atoms. The maximum Gasteiger partial charge on any atom is 0.304 e. The van der Waals surface area contributed by atoms with Crippen molar-refractivity contribution < 1.29 is 14.1 Å². The maximum absolute atomic E-state index is 11.5. The van der Waals surface area contributed by atoms with Gasteiger partial charge in [-0.3, -0.25) is 14.0 Å². The summed E-state index contributed by atoms with van der Waals surface area (Å²) in [7, 11) is -1.15. The minimum Gasteiger partial charge on any atom is -0.481 e. The molecule has 0 aromatic carbocycles. The van der Waals surface area contributed by atoms with Crippen LogP contribution in [0.15, 0.2) is 18.3 Å². The molecular weight excluding hydrogens is 214 g/mol. The minimum absolute atomic E-state index is 0.0571. The third-order valence-electron chi connectivity index (χ3n) is 1.96. The van der Waals surface area contributed by atoms with Gasteiger partial charge < -0.3 is 5.11 Å². The van der Waals surface area contributed by atoms with Crippen molar-refractivity contribution in [2.75, 3.05) is 5.75 Å². The molecule has 0 spiro atoms. The fourth-order valence-corrected chi connectivity index (χ4v) is 2.25. The van der Waals surface area contributed by atoms with Gasteiger partial charge in [0.25, 0.3) is 0 Å². The molecule has 0 aliphatic carbocycles. The summed E-state index contributed by atoms with van der Waals surface area (Å²) in [5.41, 5.74) is 1.77. The summed E-state index contributed by atoms with van der Waals surface area (Å²) in [6.07, 6.45) is 1.59. The van der Waals surface area contributed by atoms with Crippen molar-refractivity contribution >= 4 is 16.8 Å². The van der Waals surface area contributed by atoms with Crippen molar-refractivity contribution in [1.82, 2.24) is 4.98 Å². The van der Waals surface area contributed by atoms with Gasteiger partial charge in [-0.05, 0) is 18.6 Å². The Kier molecular flexibility index (Phi) is 4.42. The van der Waals surface area contributed by atoms with Crippen molar-refractivity contribution in [2.24, 2.45) is 0 Å². The van der Waals surface area contributed by atoms with Gasteiger partial charge >= 0.3 is 5.97 Å². The van der Waals surface area contributed by atoms with Crippen LogP contribution < -0.4 is 0 Å². The van der Waals surface area contributed by atoms with Gasteiger partial charge in [-0.2, -0.15) is 0 Å². The number of aromatic nitrogens is 1. The number of nitrogens with zero attached hydrogens (tertiary/aromatic N) is 1. The first-order chi connectivity index (χ1) is 7.09. The van der Waals surface area contributed by atoms with Crippen molar-refractivity contribution in [3.05, 3.63) is 29.6 Å². The number of hydrogen-bond donors (Lipinski definition) is 1. The molecule has 0 saturated heterocycles. The molecule has 1 aromatic rings. The fraction of sp³-hybridized carbons (Fsp3) is 0.400.